The van der Waals surface area contributed by atoms with Gasteiger partial charge in [-0.2, -0.15) is 23.0 Å². The zero-order chi connectivity index (χ0) is 37.8. The maximum absolute atomic E-state index is 11.4. The number of para-hydroxylation sites is 3. The molecule has 0 saturated carbocycles. The van der Waals surface area contributed by atoms with E-state index in [0.29, 0.717) is 33.8 Å². The van der Waals surface area contributed by atoms with Crippen LogP contribution in [0, 0.1) is 25.2 Å². The lowest BCUT2D eigenvalue weighted by Crippen LogP contribution is -2.30. The third-order valence-electron chi connectivity index (χ3n) is 8.51. The number of halogens is 3. The molecule has 12 heteroatoms. The van der Waals surface area contributed by atoms with E-state index in [1.165, 1.54) is 49.6 Å². The Morgan fingerprint density at radius 2 is 1.35 bits per heavy atom. The predicted molar refractivity (Wildman–Crippen MR) is 193 cm³/mol. The summed E-state index contributed by atoms with van der Waals surface area (Å²) in [6.07, 6.45) is 1.38. The first-order chi connectivity index (χ1) is 24.6. The van der Waals surface area contributed by atoms with E-state index in [1.54, 1.807) is 12.1 Å². The van der Waals surface area contributed by atoms with E-state index >= 15 is 0 Å². The molecular weight excluding hydrogens is 692 g/mol. The molecule has 264 valence electrons. The van der Waals surface area contributed by atoms with Crippen LogP contribution in [0.4, 0.5) is 13.2 Å². The Labute approximate surface area is 297 Å². The highest BCUT2D eigenvalue weighted by Gasteiger charge is 2.37. The number of nitrogens with zero attached hydrogens (tertiary/aromatic N) is 3. The quantitative estimate of drug-likeness (QED) is 0.0831. The van der Waals surface area contributed by atoms with Gasteiger partial charge in [0.1, 0.15) is 7.05 Å². The Bertz CT molecular complexity index is 2560. The number of fused-ring (bicyclic) bond motifs is 4. The summed E-state index contributed by atoms with van der Waals surface area (Å²) in [5.74, 6) is -0.917. The molecule has 0 radical (unpaired) electrons. The van der Waals surface area contributed by atoms with Gasteiger partial charge in [0.2, 0.25) is 11.0 Å². The lowest BCUT2D eigenvalue weighted by molar-refractivity contribution is -0.617. The molecule has 0 bridgehead atoms. The van der Waals surface area contributed by atoms with Crippen LogP contribution < -0.4 is 4.57 Å². The van der Waals surface area contributed by atoms with Crippen LogP contribution in [0.15, 0.2) is 109 Å². The number of hydrogen-bond acceptors (Lipinski definition) is 6. The number of aryl methyl sites for hydroxylation is 4. The molecule has 0 atom stereocenters. The number of benzene rings is 5. The maximum atomic E-state index is 11.4. The van der Waals surface area contributed by atoms with Crippen molar-refractivity contribution in [1.82, 2.24) is 4.98 Å². The van der Waals surface area contributed by atoms with Crippen LogP contribution in [0.5, 0.6) is 0 Å². The first-order valence-corrected chi connectivity index (χ1v) is 17.3. The summed E-state index contributed by atoms with van der Waals surface area (Å²) in [5.41, 5.74) is 4.93. The number of carboxylic acids is 1. The van der Waals surface area contributed by atoms with Crippen molar-refractivity contribution in [2.24, 2.45) is 7.05 Å². The first-order valence-electron chi connectivity index (χ1n) is 15.9. The molecule has 1 N–H and O–H groups in total. The molecule has 2 heterocycles. The van der Waals surface area contributed by atoms with Crippen LogP contribution in [0.3, 0.4) is 0 Å². The van der Waals surface area contributed by atoms with Crippen molar-refractivity contribution in [2.75, 3.05) is 0 Å². The fourth-order valence-electron chi connectivity index (χ4n) is 6.31. The van der Waals surface area contributed by atoms with Gasteiger partial charge in [-0.05, 0) is 72.4 Å². The van der Waals surface area contributed by atoms with Crippen molar-refractivity contribution in [3.8, 4) is 17.2 Å². The van der Waals surface area contributed by atoms with E-state index in [-0.39, 0.29) is 0 Å². The molecule has 0 amide bonds. The maximum Gasteiger partial charge on any atom is 0.485 e. The smallest absolute Gasteiger partial charge is 0.485 e. The van der Waals surface area contributed by atoms with E-state index in [0.717, 1.165) is 6.42 Å². The van der Waals surface area contributed by atoms with Gasteiger partial charge in [-0.1, -0.05) is 72.8 Å². The van der Waals surface area contributed by atoms with Crippen molar-refractivity contribution in [2.45, 2.75) is 32.2 Å². The summed E-state index contributed by atoms with van der Waals surface area (Å²) in [6, 6.07) is 38.7. The van der Waals surface area contributed by atoms with Crippen LogP contribution in [0.25, 0.3) is 54.7 Å². The number of carboxylic acid groups (broad SMARTS) is 1. The topological polar surface area (TPSA) is 135 Å². The van der Waals surface area contributed by atoms with Gasteiger partial charge in [0, 0.05) is 34.7 Å². The highest BCUT2D eigenvalue weighted by molar-refractivity contribution is 7.86. The molecule has 8 nitrogen and oxygen atoms in total. The zero-order valence-electron chi connectivity index (χ0n) is 28.3. The molecule has 0 aliphatic heterocycles. The summed E-state index contributed by atoms with van der Waals surface area (Å²) in [5, 5.41) is 22.1. The molecule has 5 aromatic carbocycles. The second kappa shape index (κ2) is 15.1. The van der Waals surface area contributed by atoms with Crippen LogP contribution in [-0.4, -0.2) is 34.5 Å². The minimum atomic E-state index is -6.09. The third-order valence-corrected chi connectivity index (χ3v) is 9.08. The number of pyridine rings is 2. The predicted octanol–water partition coefficient (Wildman–Crippen LogP) is 8.70. The lowest BCUT2D eigenvalue weighted by atomic mass is 9.90. The monoisotopic (exact) mass is 723 g/mol. The summed E-state index contributed by atoms with van der Waals surface area (Å²) < 4.78 is 61.2. The average Bonchev–Trinajstić information content (AvgIpc) is 3.09. The molecule has 0 spiro atoms. The fourth-order valence-corrected chi connectivity index (χ4v) is 6.31. The van der Waals surface area contributed by atoms with Gasteiger partial charge in [0.25, 0.3) is 0 Å². The summed E-state index contributed by atoms with van der Waals surface area (Å²) >= 11 is 0. The van der Waals surface area contributed by atoms with E-state index in [1.807, 2.05) is 36.4 Å². The summed E-state index contributed by atoms with van der Waals surface area (Å²) in [7, 11) is -3.95. The molecule has 0 saturated heterocycles. The molecule has 7 aromatic rings. The molecule has 7 rings (SSSR count). The van der Waals surface area contributed by atoms with E-state index in [9.17, 15) is 23.1 Å². The van der Waals surface area contributed by atoms with E-state index in [2.05, 4.69) is 97.2 Å². The molecule has 0 aliphatic rings. The third kappa shape index (κ3) is 7.86. The minimum absolute atomic E-state index is 0.325. The molecule has 2 aromatic heterocycles. The highest BCUT2D eigenvalue weighted by atomic mass is 32.2. The Hall–Kier alpha value is -5.90. The van der Waals surface area contributed by atoms with Crippen molar-refractivity contribution in [3.63, 3.8) is 0 Å². The van der Waals surface area contributed by atoms with Crippen molar-refractivity contribution < 1.29 is 40.6 Å². The number of nitriles is 1. The molecule has 0 fully saturated rings. The number of hydrogen-bond donors (Lipinski definition) is 1. The van der Waals surface area contributed by atoms with Gasteiger partial charge in [0.15, 0.2) is 10.1 Å². The number of aromatic carboxylic acids is 1. The number of alkyl halides is 3. The second-order valence-corrected chi connectivity index (χ2v) is 13.4. The number of carbonyl (C=O) groups is 1. The zero-order valence-corrected chi connectivity index (χ0v) is 29.1. The van der Waals surface area contributed by atoms with Gasteiger partial charge in [-0.25, -0.2) is 18.2 Å². The Balaban J connectivity index is 0.000000178. The largest absolute Gasteiger partial charge is 0.741 e. The number of rotatable bonds is 4. The minimum Gasteiger partial charge on any atom is -0.741 e. The van der Waals surface area contributed by atoms with Gasteiger partial charge in [-0.15, -0.1) is 0 Å². The SMILES string of the molecule is Cc1cc(CCC#N)cc(C)c1-c1cccc2c1cc1ccccc1[n+]2C.O=C(O)c1c2ccccc2nc2ccccc12.O=S(=O)([O-])C(F)(F)F. The van der Waals surface area contributed by atoms with Gasteiger partial charge in [-0.3, -0.25) is 0 Å². The van der Waals surface area contributed by atoms with Crippen molar-refractivity contribution >= 4 is 59.7 Å². The van der Waals surface area contributed by atoms with Gasteiger partial charge in [0.05, 0.1) is 28.1 Å². The molecule has 0 unspecified atom stereocenters. The summed E-state index contributed by atoms with van der Waals surface area (Å²) in [6.45, 7) is 4.36. The van der Waals surface area contributed by atoms with E-state index < -0.39 is 21.6 Å². The number of aromatic nitrogens is 2. The first kappa shape index (κ1) is 37.4. The van der Waals surface area contributed by atoms with Crippen LogP contribution >= 0.6 is 0 Å². The van der Waals surface area contributed by atoms with Crippen LogP contribution in [-0.2, 0) is 23.6 Å². The second-order valence-electron chi connectivity index (χ2n) is 12.0. The Morgan fingerprint density at radius 3 is 1.88 bits per heavy atom. The normalized spacial score (nSPS) is 11.4. The summed E-state index contributed by atoms with van der Waals surface area (Å²) in [4.78, 5) is 15.9. The lowest BCUT2D eigenvalue weighted by Gasteiger charge is -2.15. The molecule has 52 heavy (non-hydrogen) atoms. The van der Waals surface area contributed by atoms with Crippen LogP contribution in [0.1, 0.15) is 33.5 Å². The average molecular weight is 724 g/mol. The Morgan fingerprint density at radius 1 is 0.827 bits per heavy atom. The Kier molecular flexibility index (Phi) is 10.9. The van der Waals surface area contributed by atoms with Crippen LogP contribution in [0.2, 0.25) is 0 Å². The van der Waals surface area contributed by atoms with Gasteiger partial charge >= 0.3 is 11.5 Å². The fraction of sp³-hybridized carbons (Fsp3) is 0.150. The van der Waals surface area contributed by atoms with Crippen molar-refractivity contribution in [3.05, 3.63) is 131 Å². The van der Waals surface area contributed by atoms with E-state index in [4.69, 9.17) is 18.2 Å². The highest BCUT2D eigenvalue weighted by Crippen LogP contribution is 2.35. The molecule has 0 aliphatic carbocycles. The standard InChI is InChI=1S/C25H23N2.C14H9NO2.CHF3O3S/c1-17-14-19(8-7-13-26)15-18(2)25(17)21-10-6-12-24-22(21)16-20-9-4-5-11-23(20)27(24)3;16-14(17)13-9-5-1-3-7-11(9)15-12-8-4-2-6-10(12)13;2-1(3,4)8(5,6)7/h4-6,9-12,14-16H,7-8H2,1-3H3;1-8H,(H,16,17);(H,5,6,7)/q+1;;/p-1. The van der Waals surface area contributed by atoms with Gasteiger partial charge < -0.3 is 9.66 Å². The van der Waals surface area contributed by atoms with Crippen molar-refractivity contribution in [1.29, 1.82) is 5.26 Å². The molecular formula is C40H32F3N3O5S.